The predicted octanol–water partition coefficient (Wildman–Crippen LogP) is 2.27. The maximum Gasteiger partial charge on any atom is 0.338 e. The highest BCUT2D eigenvalue weighted by molar-refractivity contribution is 5.94. The molecule has 0 saturated carbocycles. The van der Waals surface area contributed by atoms with E-state index in [-0.39, 0.29) is 37.0 Å². The van der Waals surface area contributed by atoms with E-state index in [1.807, 2.05) is 24.3 Å². The molecule has 1 aliphatic rings. The number of ether oxygens (including phenoxy) is 2. The number of benzene rings is 2. The number of primary amides is 1. The summed E-state index contributed by atoms with van der Waals surface area (Å²) in [5, 5.41) is 4.39. The van der Waals surface area contributed by atoms with Gasteiger partial charge in [-0.15, -0.1) is 0 Å². The molecule has 9 nitrogen and oxygen atoms in total. The first-order valence-electron chi connectivity index (χ1n) is 10.9. The van der Waals surface area contributed by atoms with Crippen molar-refractivity contribution in [1.29, 1.82) is 0 Å². The molecule has 2 heterocycles. The number of hydrogen-bond acceptors (Lipinski definition) is 6. The van der Waals surface area contributed by atoms with Crippen molar-refractivity contribution in [3.8, 4) is 17.0 Å². The number of hydrogen-bond donors (Lipinski definition) is 1. The molecule has 0 bridgehead atoms. The van der Waals surface area contributed by atoms with Crippen molar-refractivity contribution in [2.75, 3.05) is 20.2 Å². The van der Waals surface area contributed by atoms with Crippen LogP contribution in [0.2, 0.25) is 0 Å². The number of carbonyl (C=O) groups excluding carboxylic acids is 3. The van der Waals surface area contributed by atoms with Crippen LogP contribution < -0.4 is 10.5 Å². The smallest absolute Gasteiger partial charge is 0.338 e. The predicted molar refractivity (Wildman–Crippen MR) is 124 cm³/mol. The summed E-state index contributed by atoms with van der Waals surface area (Å²) in [6, 6.07) is 17.8. The maximum absolute atomic E-state index is 13.3. The SMILES string of the molecule is COc1ccc(-c2cc(C(=O)N3C[C@H](CC(N)=O)[C@H](OC(=O)c4ccccc4)C3)nn2C)cc1. The fraction of sp³-hybridized carbons (Fsp3) is 0.280. The first-order valence-corrected chi connectivity index (χ1v) is 10.9. The van der Waals surface area contributed by atoms with Crippen LogP contribution in [0.15, 0.2) is 60.7 Å². The molecular formula is C25H26N4O5. The lowest BCUT2D eigenvalue weighted by molar-refractivity contribution is -0.119. The summed E-state index contributed by atoms with van der Waals surface area (Å²) in [5.74, 6) is -0.980. The number of carbonyl (C=O) groups is 3. The third-order valence-electron chi connectivity index (χ3n) is 5.88. The number of amides is 2. The van der Waals surface area contributed by atoms with Gasteiger partial charge in [0.15, 0.2) is 5.69 Å². The Morgan fingerprint density at radius 3 is 2.41 bits per heavy atom. The van der Waals surface area contributed by atoms with Gasteiger partial charge < -0.3 is 20.1 Å². The quantitative estimate of drug-likeness (QED) is 0.539. The normalized spacial score (nSPS) is 17.4. The number of esters is 1. The largest absolute Gasteiger partial charge is 0.497 e. The molecule has 0 aliphatic carbocycles. The lowest BCUT2D eigenvalue weighted by atomic mass is 10.0. The molecule has 9 heteroatoms. The summed E-state index contributed by atoms with van der Waals surface area (Å²) >= 11 is 0. The van der Waals surface area contributed by atoms with Crippen LogP contribution >= 0.6 is 0 Å². The van der Waals surface area contributed by atoms with Gasteiger partial charge >= 0.3 is 5.97 Å². The minimum Gasteiger partial charge on any atom is -0.497 e. The Kier molecular flexibility index (Phi) is 6.62. The molecule has 34 heavy (non-hydrogen) atoms. The highest BCUT2D eigenvalue weighted by Crippen LogP contribution is 2.27. The molecule has 2 atom stereocenters. The van der Waals surface area contributed by atoms with E-state index in [1.165, 1.54) is 0 Å². The van der Waals surface area contributed by atoms with Gasteiger partial charge in [0.2, 0.25) is 5.91 Å². The molecule has 1 aliphatic heterocycles. The second-order valence-electron chi connectivity index (χ2n) is 8.22. The third-order valence-corrected chi connectivity index (χ3v) is 5.88. The summed E-state index contributed by atoms with van der Waals surface area (Å²) in [5.41, 5.74) is 7.73. The van der Waals surface area contributed by atoms with Gasteiger partial charge in [-0.2, -0.15) is 5.10 Å². The first kappa shape index (κ1) is 23.0. The van der Waals surface area contributed by atoms with Gasteiger partial charge in [0, 0.05) is 31.5 Å². The van der Waals surface area contributed by atoms with Crippen molar-refractivity contribution < 1.29 is 23.9 Å². The first-order chi connectivity index (χ1) is 16.4. The summed E-state index contributed by atoms with van der Waals surface area (Å²) < 4.78 is 12.5. The zero-order chi connectivity index (χ0) is 24.2. The number of aromatic nitrogens is 2. The molecule has 0 radical (unpaired) electrons. The number of nitrogens with two attached hydrogens (primary N) is 1. The molecule has 2 aromatic carbocycles. The number of likely N-dealkylation sites (tertiary alicyclic amines) is 1. The molecule has 1 aromatic heterocycles. The average molecular weight is 463 g/mol. The Morgan fingerprint density at radius 1 is 1.06 bits per heavy atom. The second kappa shape index (κ2) is 9.78. The number of aryl methyl sites for hydroxylation is 1. The lowest BCUT2D eigenvalue weighted by Crippen LogP contribution is -2.31. The van der Waals surface area contributed by atoms with Gasteiger partial charge in [-0.05, 0) is 42.5 Å². The van der Waals surface area contributed by atoms with Gasteiger partial charge in [-0.3, -0.25) is 14.3 Å². The van der Waals surface area contributed by atoms with E-state index in [1.54, 1.807) is 60.1 Å². The van der Waals surface area contributed by atoms with Crippen molar-refractivity contribution in [2.45, 2.75) is 12.5 Å². The van der Waals surface area contributed by atoms with E-state index in [0.29, 0.717) is 5.56 Å². The van der Waals surface area contributed by atoms with E-state index in [2.05, 4.69) is 5.10 Å². The fourth-order valence-electron chi connectivity index (χ4n) is 4.14. The van der Waals surface area contributed by atoms with Gasteiger partial charge in [-0.1, -0.05) is 18.2 Å². The maximum atomic E-state index is 13.3. The molecular weight excluding hydrogens is 436 g/mol. The Morgan fingerprint density at radius 2 is 1.76 bits per heavy atom. The fourth-order valence-corrected chi connectivity index (χ4v) is 4.14. The summed E-state index contributed by atoms with van der Waals surface area (Å²) in [7, 11) is 3.36. The Hall–Kier alpha value is -4.14. The molecule has 4 rings (SSSR count). The van der Waals surface area contributed by atoms with Crippen LogP contribution in [0.3, 0.4) is 0 Å². The van der Waals surface area contributed by atoms with Crippen LogP contribution in [0.5, 0.6) is 5.75 Å². The van der Waals surface area contributed by atoms with Crippen molar-refractivity contribution in [3.63, 3.8) is 0 Å². The van der Waals surface area contributed by atoms with Crippen LogP contribution in [-0.4, -0.2) is 58.8 Å². The zero-order valence-electron chi connectivity index (χ0n) is 19.0. The lowest BCUT2D eigenvalue weighted by Gasteiger charge is -2.17. The summed E-state index contributed by atoms with van der Waals surface area (Å²) in [6.45, 7) is 0.396. The van der Waals surface area contributed by atoms with E-state index in [0.717, 1.165) is 17.0 Å². The second-order valence-corrected chi connectivity index (χ2v) is 8.22. The Bertz CT molecular complexity index is 1190. The third kappa shape index (κ3) is 4.93. The summed E-state index contributed by atoms with van der Waals surface area (Å²) in [6.07, 6.45) is -0.635. The number of rotatable bonds is 7. The molecule has 2 N–H and O–H groups in total. The van der Waals surface area contributed by atoms with Gasteiger partial charge in [0.05, 0.1) is 24.9 Å². The molecule has 176 valence electrons. The van der Waals surface area contributed by atoms with Gasteiger partial charge in [0.25, 0.3) is 5.91 Å². The Balaban J connectivity index is 1.51. The zero-order valence-corrected chi connectivity index (χ0v) is 19.0. The van der Waals surface area contributed by atoms with E-state index >= 15 is 0 Å². The Labute approximate surface area is 197 Å². The van der Waals surface area contributed by atoms with Crippen LogP contribution in [-0.2, 0) is 16.6 Å². The topological polar surface area (TPSA) is 117 Å². The van der Waals surface area contributed by atoms with Crippen LogP contribution in [0.25, 0.3) is 11.3 Å². The molecule has 1 fully saturated rings. The van der Waals surface area contributed by atoms with Crippen molar-refractivity contribution in [1.82, 2.24) is 14.7 Å². The van der Waals surface area contributed by atoms with E-state index < -0.39 is 18.0 Å². The minimum absolute atomic E-state index is 0.00975. The number of methoxy groups -OCH3 is 1. The van der Waals surface area contributed by atoms with Crippen LogP contribution in [0.4, 0.5) is 0 Å². The number of nitrogens with zero attached hydrogens (tertiary/aromatic N) is 3. The minimum atomic E-state index is -0.645. The van der Waals surface area contributed by atoms with E-state index in [9.17, 15) is 14.4 Å². The van der Waals surface area contributed by atoms with E-state index in [4.69, 9.17) is 15.2 Å². The van der Waals surface area contributed by atoms with Crippen molar-refractivity contribution in [3.05, 3.63) is 71.9 Å². The molecule has 0 spiro atoms. The monoisotopic (exact) mass is 462 g/mol. The average Bonchev–Trinajstić information content (AvgIpc) is 3.42. The van der Waals surface area contributed by atoms with Gasteiger partial charge in [-0.25, -0.2) is 4.79 Å². The summed E-state index contributed by atoms with van der Waals surface area (Å²) in [4.78, 5) is 39.0. The van der Waals surface area contributed by atoms with Crippen molar-refractivity contribution in [2.24, 2.45) is 18.7 Å². The molecule has 0 unspecified atom stereocenters. The van der Waals surface area contributed by atoms with Crippen LogP contribution in [0.1, 0.15) is 27.3 Å². The molecule has 3 aromatic rings. The van der Waals surface area contributed by atoms with Gasteiger partial charge in [0.1, 0.15) is 11.9 Å². The highest BCUT2D eigenvalue weighted by atomic mass is 16.5. The van der Waals surface area contributed by atoms with Crippen molar-refractivity contribution >= 4 is 17.8 Å². The molecule has 1 saturated heterocycles. The highest BCUT2D eigenvalue weighted by Gasteiger charge is 2.39. The molecule has 2 amide bonds. The standard InChI is InChI=1S/C25H26N4O5/c1-28-21(16-8-10-19(33-2)11-9-16)13-20(27-28)24(31)29-14-18(12-23(26)30)22(15-29)34-25(32)17-6-4-3-5-7-17/h3-11,13,18,22H,12,14-15H2,1-2H3,(H2,26,30)/t18-,22+/m0/s1. The van der Waals surface area contributed by atoms with Crippen LogP contribution in [0, 0.1) is 5.92 Å².